The molecular weight excluding hydrogens is 192 g/mol. The molecule has 4 nitrogen and oxygen atoms in total. The van der Waals surface area contributed by atoms with E-state index >= 15 is 0 Å². The summed E-state index contributed by atoms with van der Waals surface area (Å²) >= 11 is 0. The molecule has 4 heteroatoms. The summed E-state index contributed by atoms with van der Waals surface area (Å²) in [6.45, 7) is 5.54. The second-order valence-corrected chi connectivity index (χ2v) is 4.31. The molecule has 1 fully saturated rings. The van der Waals surface area contributed by atoms with E-state index in [1.165, 1.54) is 0 Å². The van der Waals surface area contributed by atoms with Gasteiger partial charge in [0, 0.05) is 19.3 Å². The quantitative estimate of drug-likeness (QED) is 0.722. The summed E-state index contributed by atoms with van der Waals surface area (Å²) in [5, 5.41) is 2.99. The summed E-state index contributed by atoms with van der Waals surface area (Å²) < 4.78 is 5.23. The summed E-state index contributed by atoms with van der Waals surface area (Å²) in [4.78, 5) is 11.7. The normalized spacial score (nSPS) is 22.1. The van der Waals surface area contributed by atoms with E-state index in [-0.39, 0.29) is 23.9 Å². The fourth-order valence-corrected chi connectivity index (χ4v) is 1.65. The zero-order valence-electron chi connectivity index (χ0n) is 9.66. The second kappa shape index (κ2) is 6.08. The first-order valence-electron chi connectivity index (χ1n) is 5.78. The molecule has 0 saturated carbocycles. The molecule has 1 heterocycles. The van der Waals surface area contributed by atoms with E-state index in [0.29, 0.717) is 0 Å². The lowest BCUT2D eigenvalue weighted by atomic mass is 9.98. The van der Waals surface area contributed by atoms with Crippen LogP contribution in [0.1, 0.15) is 33.1 Å². The molecule has 0 spiro atoms. The van der Waals surface area contributed by atoms with Gasteiger partial charge in [-0.1, -0.05) is 20.3 Å². The van der Waals surface area contributed by atoms with E-state index in [0.717, 1.165) is 32.5 Å². The number of rotatable bonds is 4. The summed E-state index contributed by atoms with van der Waals surface area (Å²) in [6, 6.07) is -0.126. The third-order valence-corrected chi connectivity index (χ3v) is 3.13. The van der Waals surface area contributed by atoms with Gasteiger partial charge in [0.15, 0.2) is 0 Å². The van der Waals surface area contributed by atoms with Gasteiger partial charge in [0.1, 0.15) is 0 Å². The number of hydrogen-bond donors (Lipinski definition) is 2. The van der Waals surface area contributed by atoms with Gasteiger partial charge < -0.3 is 15.8 Å². The van der Waals surface area contributed by atoms with Crippen molar-refractivity contribution < 1.29 is 9.53 Å². The van der Waals surface area contributed by atoms with Crippen LogP contribution in [0.2, 0.25) is 0 Å². The average molecular weight is 214 g/mol. The molecule has 88 valence electrons. The minimum atomic E-state index is -0.377. The summed E-state index contributed by atoms with van der Waals surface area (Å²) in [5.41, 5.74) is 5.85. The molecular formula is C11H22N2O2. The van der Waals surface area contributed by atoms with Crippen molar-refractivity contribution in [2.24, 2.45) is 11.7 Å². The van der Waals surface area contributed by atoms with Crippen molar-refractivity contribution in [3.05, 3.63) is 0 Å². The van der Waals surface area contributed by atoms with Gasteiger partial charge in [-0.2, -0.15) is 0 Å². The molecule has 0 aromatic heterocycles. The fourth-order valence-electron chi connectivity index (χ4n) is 1.65. The molecule has 1 amide bonds. The van der Waals surface area contributed by atoms with Gasteiger partial charge in [-0.15, -0.1) is 0 Å². The molecule has 3 N–H and O–H groups in total. The molecule has 15 heavy (non-hydrogen) atoms. The maximum Gasteiger partial charge on any atom is 0.237 e. The molecule has 0 aromatic rings. The van der Waals surface area contributed by atoms with Crippen LogP contribution in [0.3, 0.4) is 0 Å². The summed E-state index contributed by atoms with van der Waals surface area (Å²) in [6.07, 6.45) is 2.74. The van der Waals surface area contributed by atoms with Crippen LogP contribution in [-0.2, 0) is 9.53 Å². The van der Waals surface area contributed by atoms with Gasteiger partial charge in [-0.25, -0.2) is 0 Å². The van der Waals surface area contributed by atoms with Gasteiger partial charge in [0.05, 0.1) is 6.04 Å². The number of amides is 1. The molecule has 0 aliphatic carbocycles. The topological polar surface area (TPSA) is 64.4 Å². The van der Waals surface area contributed by atoms with E-state index in [2.05, 4.69) is 5.32 Å². The monoisotopic (exact) mass is 214 g/mol. The highest BCUT2D eigenvalue weighted by atomic mass is 16.5. The highest BCUT2D eigenvalue weighted by Gasteiger charge is 2.23. The molecule has 2 atom stereocenters. The summed E-state index contributed by atoms with van der Waals surface area (Å²) in [7, 11) is 0. The molecule has 1 aliphatic rings. The fraction of sp³-hybridized carbons (Fsp3) is 0.909. The van der Waals surface area contributed by atoms with E-state index < -0.39 is 0 Å². The van der Waals surface area contributed by atoms with Crippen LogP contribution in [-0.4, -0.2) is 31.2 Å². The number of carbonyl (C=O) groups excluding carboxylic acids is 1. The standard InChI is InChI=1S/C11H22N2O2/c1-3-8(2)10(12)11(14)13-9-4-6-15-7-5-9/h8-10H,3-7,12H2,1-2H3,(H,13,14)/t8-,10-/m0/s1. The van der Waals surface area contributed by atoms with Gasteiger partial charge in [0.25, 0.3) is 0 Å². The molecule has 0 unspecified atom stereocenters. The van der Waals surface area contributed by atoms with Gasteiger partial charge in [0.2, 0.25) is 5.91 Å². The van der Waals surface area contributed by atoms with Crippen LogP contribution in [0.25, 0.3) is 0 Å². The van der Waals surface area contributed by atoms with Crippen LogP contribution < -0.4 is 11.1 Å². The Morgan fingerprint density at radius 2 is 2.13 bits per heavy atom. The predicted molar refractivity (Wildman–Crippen MR) is 59.4 cm³/mol. The molecule has 1 saturated heterocycles. The number of carbonyl (C=O) groups is 1. The van der Waals surface area contributed by atoms with Gasteiger partial charge in [-0.3, -0.25) is 4.79 Å². The van der Waals surface area contributed by atoms with Gasteiger partial charge in [-0.05, 0) is 18.8 Å². The lowest BCUT2D eigenvalue weighted by molar-refractivity contribution is -0.124. The van der Waals surface area contributed by atoms with E-state index in [4.69, 9.17) is 10.5 Å². The maximum absolute atomic E-state index is 11.7. The first kappa shape index (κ1) is 12.5. The average Bonchev–Trinajstić information content (AvgIpc) is 2.28. The van der Waals surface area contributed by atoms with Crippen molar-refractivity contribution >= 4 is 5.91 Å². The van der Waals surface area contributed by atoms with Crippen LogP contribution in [0.15, 0.2) is 0 Å². The Labute approximate surface area is 91.5 Å². The van der Waals surface area contributed by atoms with Crippen LogP contribution in [0.4, 0.5) is 0 Å². The third-order valence-electron chi connectivity index (χ3n) is 3.13. The Morgan fingerprint density at radius 3 is 2.67 bits per heavy atom. The zero-order valence-corrected chi connectivity index (χ0v) is 9.66. The Morgan fingerprint density at radius 1 is 1.53 bits per heavy atom. The Balaban J connectivity index is 2.33. The number of hydrogen-bond acceptors (Lipinski definition) is 3. The van der Waals surface area contributed by atoms with Crippen molar-refractivity contribution in [1.29, 1.82) is 0 Å². The molecule has 1 rings (SSSR count). The molecule has 1 aliphatic heterocycles. The highest BCUT2D eigenvalue weighted by Crippen LogP contribution is 2.09. The molecule has 0 aromatic carbocycles. The van der Waals surface area contributed by atoms with Crippen LogP contribution in [0, 0.1) is 5.92 Å². The Hall–Kier alpha value is -0.610. The number of ether oxygens (including phenoxy) is 1. The minimum Gasteiger partial charge on any atom is -0.381 e. The highest BCUT2D eigenvalue weighted by molar-refractivity contribution is 5.82. The third kappa shape index (κ3) is 3.80. The van der Waals surface area contributed by atoms with Crippen molar-refractivity contribution in [1.82, 2.24) is 5.32 Å². The van der Waals surface area contributed by atoms with Crippen LogP contribution >= 0.6 is 0 Å². The lowest BCUT2D eigenvalue weighted by Crippen LogP contribution is -2.49. The predicted octanol–water partition coefficient (Wildman–Crippen LogP) is 0.655. The van der Waals surface area contributed by atoms with Crippen molar-refractivity contribution in [2.45, 2.75) is 45.2 Å². The lowest BCUT2D eigenvalue weighted by Gasteiger charge is -2.26. The first-order valence-corrected chi connectivity index (χ1v) is 5.78. The zero-order chi connectivity index (χ0) is 11.3. The van der Waals surface area contributed by atoms with Crippen LogP contribution in [0.5, 0.6) is 0 Å². The Bertz CT molecular complexity index is 203. The smallest absolute Gasteiger partial charge is 0.237 e. The molecule has 0 bridgehead atoms. The SMILES string of the molecule is CC[C@H](C)[C@H](N)C(=O)NC1CCOCC1. The van der Waals surface area contributed by atoms with E-state index in [9.17, 15) is 4.79 Å². The summed E-state index contributed by atoms with van der Waals surface area (Å²) in [5.74, 6) is 0.223. The Kier molecular flexibility index (Phi) is 5.05. The van der Waals surface area contributed by atoms with Gasteiger partial charge >= 0.3 is 0 Å². The van der Waals surface area contributed by atoms with E-state index in [1.54, 1.807) is 0 Å². The van der Waals surface area contributed by atoms with Crippen molar-refractivity contribution in [3.63, 3.8) is 0 Å². The number of nitrogens with one attached hydrogen (secondary N) is 1. The second-order valence-electron chi connectivity index (χ2n) is 4.31. The maximum atomic E-state index is 11.7. The molecule has 0 radical (unpaired) electrons. The number of nitrogens with two attached hydrogens (primary N) is 1. The largest absolute Gasteiger partial charge is 0.381 e. The van der Waals surface area contributed by atoms with E-state index in [1.807, 2.05) is 13.8 Å². The van der Waals surface area contributed by atoms with Crippen molar-refractivity contribution in [2.75, 3.05) is 13.2 Å². The minimum absolute atomic E-state index is 0.0174. The first-order chi connectivity index (χ1) is 7.15. The van der Waals surface area contributed by atoms with Crippen molar-refractivity contribution in [3.8, 4) is 0 Å².